The molecule has 1 N–H and O–H groups in total. The second-order valence-electron chi connectivity index (χ2n) is 7.46. The van der Waals surface area contributed by atoms with Gasteiger partial charge in [0, 0.05) is 18.9 Å². The van der Waals surface area contributed by atoms with Gasteiger partial charge in [0.05, 0.1) is 18.2 Å². The fourth-order valence-corrected chi connectivity index (χ4v) is 3.93. The van der Waals surface area contributed by atoms with E-state index in [0.717, 1.165) is 11.1 Å². The molecule has 4 rings (SSSR count). The summed E-state index contributed by atoms with van der Waals surface area (Å²) in [6.07, 6.45) is -0.232. The molecule has 0 spiro atoms. The molecule has 0 bridgehead atoms. The predicted octanol–water partition coefficient (Wildman–Crippen LogP) is 4.89. The number of amides is 1. The van der Waals surface area contributed by atoms with Crippen LogP contribution in [0.15, 0.2) is 66.7 Å². The van der Waals surface area contributed by atoms with Crippen molar-refractivity contribution in [2.75, 3.05) is 20.3 Å². The van der Waals surface area contributed by atoms with Crippen molar-refractivity contribution in [3.8, 4) is 23.0 Å². The second-order valence-corrected chi connectivity index (χ2v) is 7.46. The standard InChI is InChI=1S/C27H22FNO4/c1-32-26(30)23-15-8-10-18(25(23)28)9-6-7-16-29-27(31)33-17-24-21-13-4-2-11-19(21)20-12-3-5-14-22(20)24/h2-5,8,10-15,24H,7,16-17H2,1H3,(H,29,31). The van der Waals surface area contributed by atoms with E-state index in [2.05, 4.69) is 46.2 Å². The average Bonchev–Trinajstić information content (AvgIpc) is 3.16. The molecular weight excluding hydrogens is 421 g/mol. The number of carbonyl (C=O) groups excluding carboxylic acids is 2. The molecule has 0 saturated carbocycles. The molecule has 166 valence electrons. The van der Waals surface area contributed by atoms with Crippen molar-refractivity contribution in [2.24, 2.45) is 0 Å². The minimum Gasteiger partial charge on any atom is -0.465 e. The lowest BCUT2D eigenvalue weighted by Crippen LogP contribution is -2.26. The first-order valence-electron chi connectivity index (χ1n) is 10.5. The molecule has 0 fully saturated rings. The Morgan fingerprint density at radius 3 is 2.30 bits per heavy atom. The molecule has 1 aliphatic carbocycles. The Balaban J connectivity index is 1.30. The first-order chi connectivity index (χ1) is 16.1. The molecule has 6 heteroatoms. The van der Waals surface area contributed by atoms with E-state index in [1.165, 1.54) is 36.4 Å². The van der Waals surface area contributed by atoms with Crippen LogP contribution in [0.2, 0.25) is 0 Å². The van der Waals surface area contributed by atoms with Crippen LogP contribution in [-0.4, -0.2) is 32.3 Å². The lowest BCUT2D eigenvalue weighted by atomic mass is 9.98. The second kappa shape index (κ2) is 10.0. The number of esters is 1. The fraction of sp³-hybridized carbons (Fsp3) is 0.185. The van der Waals surface area contributed by atoms with Crippen LogP contribution < -0.4 is 5.32 Å². The topological polar surface area (TPSA) is 64.6 Å². The summed E-state index contributed by atoms with van der Waals surface area (Å²) in [5.74, 6) is 3.99. The van der Waals surface area contributed by atoms with Crippen LogP contribution in [0.5, 0.6) is 0 Å². The smallest absolute Gasteiger partial charge is 0.407 e. The van der Waals surface area contributed by atoms with Gasteiger partial charge in [-0.25, -0.2) is 14.0 Å². The third-order valence-corrected chi connectivity index (χ3v) is 5.49. The monoisotopic (exact) mass is 443 g/mol. The van der Waals surface area contributed by atoms with E-state index in [0.29, 0.717) is 6.42 Å². The zero-order valence-corrected chi connectivity index (χ0v) is 18.1. The van der Waals surface area contributed by atoms with Crippen LogP contribution >= 0.6 is 0 Å². The highest BCUT2D eigenvalue weighted by Crippen LogP contribution is 2.44. The minimum atomic E-state index is -0.756. The summed E-state index contributed by atoms with van der Waals surface area (Å²) in [5.41, 5.74) is 4.56. The highest BCUT2D eigenvalue weighted by Gasteiger charge is 2.28. The lowest BCUT2D eigenvalue weighted by molar-refractivity contribution is 0.0595. The zero-order chi connectivity index (χ0) is 23.2. The van der Waals surface area contributed by atoms with Gasteiger partial charge >= 0.3 is 12.1 Å². The number of alkyl carbamates (subject to hydrolysis) is 1. The summed E-state index contributed by atoms with van der Waals surface area (Å²) >= 11 is 0. The Kier molecular flexibility index (Phi) is 6.70. The highest BCUT2D eigenvalue weighted by atomic mass is 19.1. The Labute approximate surface area is 191 Å². The van der Waals surface area contributed by atoms with Crippen molar-refractivity contribution < 1.29 is 23.5 Å². The van der Waals surface area contributed by atoms with E-state index in [9.17, 15) is 14.0 Å². The van der Waals surface area contributed by atoms with Crippen LogP contribution in [0.1, 0.15) is 39.4 Å². The molecule has 1 aliphatic rings. The maximum Gasteiger partial charge on any atom is 0.407 e. The van der Waals surface area contributed by atoms with Gasteiger partial charge < -0.3 is 14.8 Å². The van der Waals surface area contributed by atoms with Gasteiger partial charge in [-0.3, -0.25) is 0 Å². The molecule has 0 atom stereocenters. The van der Waals surface area contributed by atoms with E-state index < -0.39 is 17.9 Å². The van der Waals surface area contributed by atoms with E-state index in [1.807, 2.05) is 24.3 Å². The highest BCUT2D eigenvalue weighted by molar-refractivity contribution is 5.90. The average molecular weight is 443 g/mol. The molecule has 3 aromatic carbocycles. The van der Waals surface area contributed by atoms with E-state index in [4.69, 9.17) is 4.74 Å². The Morgan fingerprint density at radius 2 is 1.64 bits per heavy atom. The summed E-state index contributed by atoms with van der Waals surface area (Å²) < 4.78 is 24.3. The van der Waals surface area contributed by atoms with Crippen LogP contribution in [0.3, 0.4) is 0 Å². The van der Waals surface area contributed by atoms with Gasteiger partial charge in [0.2, 0.25) is 0 Å². The third-order valence-electron chi connectivity index (χ3n) is 5.49. The van der Waals surface area contributed by atoms with Gasteiger partial charge in [-0.2, -0.15) is 0 Å². The van der Waals surface area contributed by atoms with Gasteiger partial charge in [-0.05, 0) is 34.4 Å². The van der Waals surface area contributed by atoms with Crippen molar-refractivity contribution >= 4 is 12.1 Å². The van der Waals surface area contributed by atoms with Gasteiger partial charge in [0.25, 0.3) is 0 Å². The number of ether oxygens (including phenoxy) is 2. The number of nitrogens with one attached hydrogen (secondary N) is 1. The lowest BCUT2D eigenvalue weighted by Gasteiger charge is -2.14. The summed E-state index contributed by atoms with van der Waals surface area (Å²) in [6, 6.07) is 20.6. The number of methoxy groups -OCH3 is 1. The zero-order valence-electron chi connectivity index (χ0n) is 18.1. The molecule has 3 aromatic rings. The normalized spacial score (nSPS) is 11.6. The number of fused-ring (bicyclic) bond motifs is 3. The molecule has 0 unspecified atom stereocenters. The Morgan fingerprint density at radius 1 is 0.970 bits per heavy atom. The van der Waals surface area contributed by atoms with Crippen LogP contribution in [0, 0.1) is 17.7 Å². The molecule has 0 aromatic heterocycles. The number of benzene rings is 3. The van der Waals surface area contributed by atoms with Crippen molar-refractivity contribution in [1.82, 2.24) is 5.32 Å². The largest absolute Gasteiger partial charge is 0.465 e. The third kappa shape index (κ3) is 4.73. The van der Waals surface area contributed by atoms with Crippen molar-refractivity contribution in [3.05, 3.63) is 94.8 Å². The molecule has 33 heavy (non-hydrogen) atoms. The maximum atomic E-state index is 14.3. The van der Waals surface area contributed by atoms with Crippen molar-refractivity contribution in [2.45, 2.75) is 12.3 Å². The van der Waals surface area contributed by atoms with Gasteiger partial charge in [-0.1, -0.05) is 66.4 Å². The number of rotatable bonds is 5. The molecule has 1 amide bonds. The van der Waals surface area contributed by atoms with Gasteiger partial charge in [0.15, 0.2) is 5.82 Å². The Hall–Kier alpha value is -4.11. The first kappa shape index (κ1) is 22.1. The summed E-state index contributed by atoms with van der Waals surface area (Å²) in [6.45, 7) is 0.485. The van der Waals surface area contributed by atoms with Crippen LogP contribution in [-0.2, 0) is 9.47 Å². The van der Waals surface area contributed by atoms with Crippen molar-refractivity contribution in [1.29, 1.82) is 0 Å². The minimum absolute atomic E-state index is 0.00648. The molecule has 0 heterocycles. The predicted molar refractivity (Wildman–Crippen MR) is 122 cm³/mol. The summed E-state index contributed by atoms with van der Waals surface area (Å²) in [7, 11) is 1.19. The molecule has 0 radical (unpaired) electrons. The summed E-state index contributed by atoms with van der Waals surface area (Å²) in [5, 5.41) is 2.66. The molecular formula is C27H22FNO4. The van der Waals surface area contributed by atoms with E-state index >= 15 is 0 Å². The van der Waals surface area contributed by atoms with Crippen LogP contribution in [0.4, 0.5) is 9.18 Å². The van der Waals surface area contributed by atoms with Crippen molar-refractivity contribution in [3.63, 3.8) is 0 Å². The van der Waals surface area contributed by atoms with E-state index in [-0.39, 0.29) is 30.2 Å². The number of halogens is 1. The van der Waals surface area contributed by atoms with E-state index in [1.54, 1.807) is 0 Å². The molecule has 5 nitrogen and oxygen atoms in total. The molecule has 0 saturated heterocycles. The van der Waals surface area contributed by atoms with Gasteiger partial charge in [-0.15, -0.1) is 0 Å². The van der Waals surface area contributed by atoms with Gasteiger partial charge in [0.1, 0.15) is 6.61 Å². The number of carbonyl (C=O) groups is 2. The number of hydrogen-bond acceptors (Lipinski definition) is 4. The summed E-state index contributed by atoms with van der Waals surface area (Å²) in [4.78, 5) is 23.7. The maximum absolute atomic E-state index is 14.3. The SMILES string of the molecule is COC(=O)c1cccc(C#CCCNC(=O)OCC2c3ccccc3-c3ccccc32)c1F. The number of hydrogen-bond donors (Lipinski definition) is 1. The van der Waals surface area contributed by atoms with Crippen LogP contribution in [0.25, 0.3) is 11.1 Å². The first-order valence-corrected chi connectivity index (χ1v) is 10.5. The quantitative estimate of drug-likeness (QED) is 0.346. The molecule has 0 aliphatic heterocycles. The Bertz CT molecular complexity index is 1210. The fourth-order valence-electron chi connectivity index (χ4n) is 3.93.